The molecule has 3 aromatic rings. The molecule has 0 fully saturated rings. The summed E-state index contributed by atoms with van der Waals surface area (Å²) in [6.45, 7) is 2.13. The fourth-order valence-corrected chi connectivity index (χ4v) is 3.79. The molecule has 1 aliphatic rings. The molecular formula is C23H19ClN2O2. The second-order valence-corrected chi connectivity index (χ2v) is 7.25. The van der Waals surface area contributed by atoms with Gasteiger partial charge in [-0.2, -0.15) is 0 Å². The Morgan fingerprint density at radius 3 is 2.14 bits per heavy atom. The van der Waals surface area contributed by atoms with Crippen molar-refractivity contribution in [3.05, 3.63) is 87.4 Å². The first-order valence-electron chi connectivity index (χ1n) is 9.17. The molecule has 0 atom stereocenters. The number of ketones is 2. The zero-order valence-electron chi connectivity index (χ0n) is 15.4. The van der Waals surface area contributed by atoms with Crippen molar-refractivity contribution >= 4 is 40.2 Å². The molecule has 0 bridgehead atoms. The fourth-order valence-electron chi connectivity index (χ4n) is 3.58. The van der Waals surface area contributed by atoms with E-state index in [1.165, 1.54) is 5.56 Å². The lowest BCUT2D eigenvalue weighted by molar-refractivity contribution is 0.0980. The second-order valence-electron chi connectivity index (χ2n) is 6.85. The van der Waals surface area contributed by atoms with E-state index in [2.05, 4.69) is 12.2 Å². The molecule has 0 saturated heterocycles. The van der Waals surface area contributed by atoms with Crippen LogP contribution >= 0.6 is 11.6 Å². The molecule has 5 heteroatoms. The summed E-state index contributed by atoms with van der Waals surface area (Å²) in [5, 5.41) is 3.48. The van der Waals surface area contributed by atoms with Crippen molar-refractivity contribution in [3.63, 3.8) is 0 Å². The monoisotopic (exact) mass is 390 g/mol. The third kappa shape index (κ3) is 2.96. The van der Waals surface area contributed by atoms with E-state index >= 15 is 0 Å². The van der Waals surface area contributed by atoms with Gasteiger partial charge < -0.3 is 11.1 Å². The highest BCUT2D eigenvalue weighted by atomic mass is 35.5. The summed E-state index contributed by atoms with van der Waals surface area (Å²) in [6, 6.07) is 16.4. The lowest BCUT2D eigenvalue weighted by Gasteiger charge is -2.23. The number of nitrogens with one attached hydrogen (secondary N) is 1. The number of nitrogen functional groups attached to an aromatic ring is 1. The summed E-state index contributed by atoms with van der Waals surface area (Å²) in [5.41, 5.74) is 9.92. The smallest absolute Gasteiger partial charge is 0.196 e. The van der Waals surface area contributed by atoms with Gasteiger partial charge >= 0.3 is 0 Å². The van der Waals surface area contributed by atoms with Gasteiger partial charge in [0.2, 0.25) is 0 Å². The van der Waals surface area contributed by atoms with Gasteiger partial charge in [0.25, 0.3) is 0 Å². The Bertz CT molecular complexity index is 1100. The van der Waals surface area contributed by atoms with Gasteiger partial charge in [-0.15, -0.1) is 0 Å². The predicted molar refractivity (Wildman–Crippen MR) is 113 cm³/mol. The largest absolute Gasteiger partial charge is 0.397 e. The number of carbonyl (C=O) groups excluding carboxylic acids is 2. The summed E-state index contributed by atoms with van der Waals surface area (Å²) >= 11 is 6.30. The first kappa shape index (κ1) is 18.3. The van der Waals surface area contributed by atoms with Gasteiger partial charge in [0.1, 0.15) is 0 Å². The molecule has 0 unspecified atom stereocenters. The number of fused-ring (bicyclic) bond motifs is 2. The minimum atomic E-state index is -0.286. The SMILES string of the molecule is CCCc1ccc(Nc2cc(Cl)c(N)c3c2C(=O)c2ccccc2C3=O)cc1. The Kier molecular flexibility index (Phi) is 4.65. The predicted octanol–water partition coefficient (Wildman–Crippen LogP) is 5.39. The quantitative estimate of drug-likeness (QED) is 0.458. The van der Waals surface area contributed by atoms with E-state index in [0.717, 1.165) is 18.5 Å². The molecule has 3 aromatic carbocycles. The number of benzene rings is 3. The molecule has 0 amide bonds. The molecule has 0 heterocycles. The second kappa shape index (κ2) is 7.13. The molecule has 0 aliphatic heterocycles. The van der Waals surface area contributed by atoms with Gasteiger partial charge in [0.05, 0.1) is 27.5 Å². The van der Waals surface area contributed by atoms with Crippen LogP contribution in [0.15, 0.2) is 54.6 Å². The maximum absolute atomic E-state index is 13.2. The highest BCUT2D eigenvalue weighted by Crippen LogP contribution is 2.40. The van der Waals surface area contributed by atoms with Crippen LogP contribution in [0.4, 0.5) is 17.1 Å². The zero-order valence-corrected chi connectivity index (χ0v) is 16.1. The maximum atomic E-state index is 13.2. The van der Waals surface area contributed by atoms with Gasteiger partial charge in [-0.05, 0) is 30.2 Å². The van der Waals surface area contributed by atoms with Crippen molar-refractivity contribution in [2.75, 3.05) is 11.1 Å². The van der Waals surface area contributed by atoms with Crippen molar-refractivity contribution in [1.82, 2.24) is 0 Å². The summed E-state index contributed by atoms with van der Waals surface area (Å²) in [5.74, 6) is -0.523. The summed E-state index contributed by atoms with van der Waals surface area (Å²) in [6.07, 6.45) is 2.08. The number of rotatable bonds is 4. The Labute approximate surface area is 168 Å². The molecule has 0 spiro atoms. The van der Waals surface area contributed by atoms with E-state index in [0.29, 0.717) is 16.8 Å². The lowest BCUT2D eigenvalue weighted by Crippen LogP contribution is -2.23. The van der Waals surface area contributed by atoms with Gasteiger partial charge in [-0.1, -0.05) is 61.3 Å². The van der Waals surface area contributed by atoms with E-state index in [1.807, 2.05) is 24.3 Å². The molecule has 4 rings (SSSR count). The number of nitrogens with two attached hydrogens (primary N) is 1. The number of hydrogen-bond donors (Lipinski definition) is 2. The van der Waals surface area contributed by atoms with Crippen LogP contribution in [0.3, 0.4) is 0 Å². The van der Waals surface area contributed by atoms with Crippen LogP contribution < -0.4 is 11.1 Å². The van der Waals surface area contributed by atoms with E-state index in [1.54, 1.807) is 30.3 Å². The minimum absolute atomic E-state index is 0.133. The van der Waals surface area contributed by atoms with Crippen LogP contribution in [-0.4, -0.2) is 11.6 Å². The summed E-state index contributed by atoms with van der Waals surface area (Å²) in [7, 11) is 0. The number of hydrogen-bond acceptors (Lipinski definition) is 4. The molecule has 0 aromatic heterocycles. The molecule has 0 radical (unpaired) electrons. The van der Waals surface area contributed by atoms with Crippen LogP contribution in [-0.2, 0) is 6.42 Å². The van der Waals surface area contributed by atoms with E-state index < -0.39 is 0 Å². The van der Waals surface area contributed by atoms with Crippen LogP contribution in [0.1, 0.15) is 50.8 Å². The molecule has 140 valence electrons. The lowest BCUT2D eigenvalue weighted by atomic mass is 9.82. The Morgan fingerprint density at radius 1 is 0.929 bits per heavy atom. The van der Waals surface area contributed by atoms with Crippen molar-refractivity contribution in [1.29, 1.82) is 0 Å². The highest BCUT2D eigenvalue weighted by molar-refractivity contribution is 6.38. The first-order valence-corrected chi connectivity index (χ1v) is 9.55. The molecule has 3 N–H and O–H groups in total. The van der Waals surface area contributed by atoms with Crippen LogP contribution in [0.5, 0.6) is 0 Å². The average Bonchev–Trinajstić information content (AvgIpc) is 2.70. The maximum Gasteiger partial charge on any atom is 0.196 e. The van der Waals surface area contributed by atoms with Crippen molar-refractivity contribution < 1.29 is 9.59 Å². The summed E-state index contributed by atoms with van der Waals surface area (Å²) < 4.78 is 0. The number of anilines is 3. The van der Waals surface area contributed by atoms with Gasteiger partial charge in [0.15, 0.2) is 11.6 Å². The topological polar surface area (TPSA) is 72.2 Å². The standard InChI is InChI=1S/C23H19ClN2O2/c1-2-5-13-8-10-14(11-9-13)26-18-12-17(24)21(25)20-19(18)22(27)15-6-3-4-7-16(15)23(20)28/h3-4,6-12,26H,2,5,25H2,1H3. The normalized spacial score (nSPS) is 12.5. The highest BCUT2D eigenvalue weighted by Gasteiger charge is 2.34. The number of halogens is 1. The zero-order chi connectivity index (χ0) is 19.8. The van der Waals surface area contributed by atoms with Crippen molar-refractivity contribution in [3.8, 4) is 0 Å². The van der Waals surface area contributed by atoms with Gasteiger partial charge in [-0.25, -0.2) is 0 Å². The Morgan fingerprint density at radius 2 is 1.54 bits per heavy atom. The van der Waals surface area contributed by atoms with Crippen LogP contribution in [0, 0.1) is 0 Å². The Hall–Kier alpha value is -3.11. The summed E-state index contributed by atoms with van der Waals surface area (Å²) in [4.78, 5) is 26.2. The van der Waals surface area contributed by atoms with E-state index in [-0.39, 0.29) is 33.4 Å². The van der Waals surface area contributed by atoms with Gasteiger partial charge in [0, 0.05) is 16.8 Å². The molecular weight excluding hydrogens is 372 g/mol. The van der Waals surface area contributed by atoms with Crippen LogP contribution in [0.25, 0.3) is 0 Å². The molecule has 0 saturated carbocycles. The fraction of sp³-hybridized carbons (Fsp3) is 0.130. The average molecular weight is 391 g/mol. The Balaban J connectivity index is 1.83. The van der Waals surface area contributed by atoms with Crippen molar-refractivity contribution in [2.24, 2.45) is 0 Å². The minimum Gasteiger partial charge on any atom is -0.397 e. The van der Waals surface area contributed by atoms with Gasteiger partial charge in [-0.3, -0.25) is 9.59 Å². The van der Waals surface area contributed by atoms with Crippen molar-refractivity contribution in [2.45, 2.75) is 19.8 Å². The number of carbonyl (C=O) groups is 2. The third-order valence-corrected chi connectivity index (χ3v) is 5.27. The molecule has 28 heavy (non-hydrogen) atoms. The van der Waals surface area contributed by atoms with Crippen LogP contribution in [0.2, 0.25) is 5.02 Å². The van der Waals surface area contributed by atoms with E-state index in [4.69, 9.17) is 17.3 Å². The molecule has 4 nitrogen and oxygen atoms in total. The number of aryl methyl sites for hydroxylation is 1. The third-order valence-electron chi connectivity index (χ3n) is 4.96. The van der Waals surface area contributed by atoms with E-state index in [9.17, 15) is 9.59 Å². The first-order chi connectivity index (χ1) is 13.5. The molecule has 1 aliphatic carbocycles.